The number of rotatable bonds is 7. The molecule has 5 nitrogen and oxygen atoms in total. The first kappa shape index (κ1) is 21.4. The molecule has 1 heterocycles. The number of hydrogen-bond acceptors (Lipinski definition) is 4. The molecule has 2 aromatic carbocycles. The molecule has 29 heavy (non-hydrogen) atoms. The zero-order chi connectivity index (χ0) is 21.0. The topological polar surface area (TPSA) is 42.0 Å². The Labute approximate surface area is 176 Å². The SMILES string of the molecule is COc1ccc(OC)c([C@H]2CCCN2C(=O)CN(C)Cc2c(F)cccc2Cl)c1. The van der Waals surface area contributed by atoms with Crippen LogP contribution in [0.4, 0.5) is 4.39 Å². The predicted octanol–water partition coefficient (Wildman–Crippen LogP) is 4.29. The Bertz CT molecular complexity index is 857. The molecule has 7 heteroatoms. The zero-order valence-electron chi connectivity index (χ0n) is 17.0. The number of carbonyl (C=O) groups is 1. The number of nitrogens with zero attached hydrogens (tertiary/aromatic N) is 2. The normalized spacial score (nSPS) is 16.3. The second-order valence-corrected chi connectivity index (χ2v) is 7.63. The van der Waals surface area contributed by atoms with Gasteiger partial charge in [0.05, 0.1) is 26.8 Å². The molecule has 0 aliphatic carbocycles. The molecule has 1 amide bonds. The second-order valence-electron chi connectivity index (χ2n) is 7.23. The van der Waals surface area contributed by atoms with E-state index in [9.17, 15) is 9.18 Å². The number of methoxy groups -OCH3 is 2. The highest BCUT2D eigenvalue weighted by Gasteiger charge is 2.32. The molecule has 2 aromatic rings. The van der Waals surface area contributed by atoms with E-state index in [1.54, 1.807) is 38.3 Å². The summed E-state index contributed by atoms with van der Waals surface area (Å²) < 4.78 is 24.9. The van der Waals surface area contributed by atoms with Crippen LogP contribution in [-0.2, 0) is 11.3 Å². The average Bonchev–Trinajstić information content (AvgIpc) is 3.20. The summed E-state index contributed by atoms with van der Waals surface area (Å²) in [6, 6.07) is 10.2. The first-order valence-electron chi connectivity index (χ1n) is 9.57. The molecule has 0 saturated carbocycles. The van der Waals surface area contributed by atoms with Crippen LogP contribution in [0, 0.1) is 5.82 Å². The van der Waals surface area contributed by atoms with Gasteiger partial charge in [0, 0.05) is 29.2 Å². The molecule has 0 N–H and O–H groups in total. The monoisotopic (exact) mass is 420 g/mol. The number of hydrogen-bond donors (Lipinski definition) is 0. The maximum absolute atomic E-state index is 14.1. The molecule has 0 aromatic heterocycles. The van der Waals surface area contributed by atoms with E-state index >= 15 is 0 Å². The highest BCUT2D eigenvalue weighted by Crippen LogP contribution is 2.39. The summed E-state index contributed by atoms with van der Waals surface area (Å²) >= 11 is 6.11. The summed E-state index contributed by atoms with van der Waals surface area (Å²) in [6.45, 7) is 1.11. The van der Waals surface area contributed by atoms with Crippen molar-refractivity contribution in [3.8, 4) is 11.5 Å². The number of halogens is 2. The molecule has 1 aliphatic rings. The Morgan fingerprint density at radius 3 is 2.76 bits per heavy atom. The summed E-state index contributed by atoms with van der Waals surface area (Å²) in [5, 5.41) is 0.365. The molecule has 1 fully saturated rings. The minimum absolute atomic E-state index is 0.00710. The third-order valence-corrected chi connectivity index (χ3v) is 5.62. The third-order valence-electron chi connectivity index (χ3n) is 5.26. The first-order chi connectivity index (χ1) is 13.9. The number of likely N-dealkylation sites (N-methyl/N-ethyl adjacent to an activating group) is 1. The van der Waals surface area contributed by atoms with Crippen molar-refractivity contribution in [2.75, 3.05) is 34.4 Å². The first-order valence-corrected chi connectivity index (χ1v) is 9.95. The number of ether oxygens (including phenoxy) is 2. The number of amides is 1. The van der Waals surface area contributed by atoms with Crippen LogP contribution in [0.3, 0.4) is 0 Å². The van der Waals surface area contributed by atoms with Gasteiger partial charge < -0.3 is 14.4 Å². The maximum Gasteiger partial charge on any atom is 0.237 e. The Kier molecular flexibility index (Phi) is 6.98. The maximum atomic E-state index is 14.1. The van der Waals surface area contributed by atoms with Crippen LogP contribution in [0.5, 0.6) is 11.5 Å². The molecular weight excluding hydrogens is 395 g/mol. The minimum atomic E-state index is -0.364. The van der Waals surface area contributed by atoms with Crippen LogP contribution in [-0.4, -0.2) is 50.1 Å². The van der Waals surface area contributed by atoms with Gasteiger partial charge in [-0.15, -0.1) is 0 Å². The van der Waals surface area contributed by atoms with Crippen molar-refractivity contribution in [1.82, 2.24) is 9.80 Å². The Hall–Kier alpha value is -2.31. The van der Waals surface area contributed by atoms with Gasteiger partial charge in [-0.1, -0.05) is 17.7 Å². The summed E-state index contributed by atoms with van der Waals surface area (Å²) in [5.41, 5.74) is 1.34. The van der Waals surface area contributed by atoms with Gasteiger partial charge in [-0.25, -0.2) is 4.39 Å². The summed E-state index contributed by atoms with van der Waals surface area (Å²) in [4.78, 5) is 16.7. The van der Waals surface area contributed by atoms with Crippen LogP contribution < -0.4 is 9.47 Å². The van der Waals surface area contributed by atoms with E-state index in [4.69, 9.17) is 21.1 Å². The number of benzene rings is 2. The van der Waals surface area contributed by atoms with Crippen LogP contribution in [0.15, 0.2) is 36.4 Å². The Balaban J connectivity index is 1.73. The van der Waals surface area contributed by atoms with Crippen LogP contribution in [0.2, 0.25) is 5.02 Å². The van der Waals surface area contributed by atoms with E-state index in [0.29, 0.717) is 17.1 Å². The van der Waals surface area contributed by atoms with E-state index < -0.39 is 0 Å². The second kappa shape index (κ2) is 9.46. The van der Waals surface area contributed by atoms with Crippen molar-refractivity contribution in [2.45, 2.75) is 25.4 Å². The number of likely N-dealkylation sites (tertiary alicyclic amines) is 1. The van der Waals surface area contributed by atoms with Crippen LogP contribution in [0.1, 0.15) is 30.0 Å². The molecule has 0 bridgehead atoms. The van der Waals surface area contributed by atoms with Gasteiger partial charge in [-0.3, -0.25) is 9.69 Å². The predicted molar refractivity (Wildman–Crippen MR) is 111 cm³/mol. The summed E-state index contributed by atoms with van der Waals surface area (Å²) in [5.74, 6) is 1.10. The van der Waals surface area contributed by atoms with Crippen LogP contribution in [0.25, 0.3) is 0 Å². The van der Waals surface area contributed by atoms with Crippen molar-refractivity contribution < 1.29 is 18.7 Å². The third kappa shape index (κ3) is 4.82. The Morgan fingerprint density at radius 2 is 2.07 bits per heavy atom. The van der Waals surface area contributed by atoms with Gasteiger partial charge in [-0.05, 0) is 50.2 Å². The van der Waals surface area contributed by atoms with Gasteiger partial charge in [0.1, 0.15) is 17.3 Å². The molecule has 0 unspecified atom stereocenters. The fourth-order valence-electron chi connectivity index (χ4n) is 3.82. The fraction of sp³-hybridized carbons (Fsp3) is 0.409. The molecule has 156 valence electrons. The van der Waals surface area contributed by atoms with Crippen molar-refractivity contribution in [3.05, 3.63) is 58.4 Å². The van der Waals surface area contributed by atoms with Crippen molar-refractivity contribution in [1.29, 1.82) is 0 Å². The number of carbonyl (C=O) groups excluding carboxylic acids is 1. The van der Waals surface area contributed by atoms with E-state index in [1.807, 2.05) is 23.1 Å². The molecule has 0 spiro atoms. The van der Waals surface area contributed by atoms with Gasteiger partial charge in [0.15, 0.2) is 0 Å². The van der Waals surface area contributed by atoms with Crippen molar-refractivity contribution in [3.63, 3.8) is 0 Å². The van der Waals surface area contributed by atoms with Gasteiger partial charge in [0.2, 0.25) is 5.91 Å². The highest BCUT2D eigenvalue weighted by atomic mass is 35.5. The zero-order valence-corrected chi connectivity index (χ0v) is 17.7. The van der Waals surface area contributed by atoms with Gasteiger partial charge in [-0.2, -0.15) is 0 Å². The molecule has 1 saturated heterocycles. The molecule has 1 aliphatic heterocycles. The molecular formula is C22H26ClFN2O3. The standard InChI is InChI=1S/C22H26ClFN2O3/c1-25(13-17-18(23)6-4-7-19(17)24)14-22(27)26-11-5-8-20(26)16-12-15(28-2)9-10-21(16)29-3/h4,6-7,9-10,12,20H,5,8,11,13-14H2,1-3H3/t20-/m1/s1. The van der Waals surface area contributed by atoms with Crippen LogP contribution >= 0.6 is 11.6 Å². The summed E-state index contributed by atoms with van der Waals surface area (Å²) in [6.07, 6.45) is 1.78. The molecule has 3 rings (SSSR count). The lowest BCUT2D eigenvalue weighted by molar-refractivity contribution is -0.133. The van der Waals surface area contributed by atoms with E-state index in [-0.39, 0.29) is 30.9 Å². The lowest BCUT2D eigenvalue weighted by Gasteiger charge is -2.28. The summed E-state index contributed by atoms with van der Waals surface area (Å²) in [7, 11) is 5.03. The average molecular weight is 421 g/mol. The van der Waals surface area contributed by atoms with Gasteiger partial charge in [0.25, 0.3) is 0 Å². The molecule has 0 radical (unpaired) electrons. The minimum Gasteiger partial charge on any atom is -0.497 e. The largest absolute Gasteiger partial charge is 0.497 e. The smallest absolute Gasteiger partial charge is 0.237 e. The lowest BCUT2D eigenvalue weighted by Crippen LogP contribution is -2.38. The van der Waals surface area contributed by atoms with E-state index in [2.05, 4.69) is 0 Å². The van der Waals surface area contributed by atoms with Crippen molar-refractivity contribution in [2.24, 2.45) is 0 Å². The lowest BCUT2D eigenvalue weighted by atomic mass is 10.0. The van der Waals surface area contributed by atoms with Crippen molar-refractivity contribution >= 4 is 17.5 Å². The molecule has 1 atom stereocenters. The van der Waals surface area contributed by atoms with Gasteiger partial charge >= 0.3 is 0 Å². The van der Waals surface area contributed by atoms with E-state index in [0.717, 1.165) is 29.9 Å². The quantitative estimate of drug-likeness (QED) is 0.670. The van der Waals surface area contributed by atoms with E-state index in [1.165, 1.54) is 6.07 Å². The highest BCUT2D eigenvalue weighted by molar-refractivity contribution is 6.31. The Morgan fingerprint density at radius 1 is 1.28 bits per heavy atom. The fourth-order valence-corrected chi connectivity index (χ4v) is 4.04.